The van der Waals surface area contributed by atoms with Crippen LogP contribution in [0, 0.1) is 0 Å². The molecule has 0 saturated carbocycles. The third kappa shape index (κ3) is 4.44. The molecule has 144 valence electrons. The van der Waals surface area contributed by atoms with Crippen molar-refractivity contribution in [2.45, 2.75) is 25.1 Å². The van der Waals surface area contributed by atoms with Gasteiger partial charge in [-0.15, -0.1) is 10.2 Å². The van der Waals surface area contributed by atoms with Gasteiger partial charge < -0.3 is 18.9 Å². The van der Waals surface area contributed by atoms with Crippen molar-refractivity contribution in [3.63, 3.8) is 0 Å². The van der Waals surface area contributed by atoms with E-state index in [0.717, 1.165) is 11.3 Å². The molecule has 3 rings (SSSR count). The highest BCUT2D eigenvalue weighted by atomic mass is 32.2. The molecule has 0 aliphatic carbocycles. The van der Waals surface area contributed by atoms with Gasteiger partial charge in [0.25, 0.3) is 0 Å². The molecule has 2 aromatic rings. The molecule has 1 aliphatic heterocycles. The van der Waals surface area contributed by atoms with Gasteiger partial charge in [0.1, 0.15) is 6.61 Å². The zero-order valence-electron chi connectivity index (χ0n) is 15.8. The number of thioether (sulfide) groups is 1. The number of hydrogen-bond donors (Lipinski definition) is 0. The summed E-state index contributed by atoms with van der Waals surface area (Å²) in [6.07, 6.45) is -0.335. The fourth-order valence-electron chi connectivity index (χ4n) is 2.80. The van der Waals surface area contributed by atoms with Gasteiger partial charge in [-0.25, -0.2) is 0 Å². The summed E-state index contributed by atoms with van der Waals surface area (Å²) in [6.45, 7) is 9.36. The number of nitrogens with zero attached hydrogens (tertiary/aromatic N) is 4. The molecule has 8 heteroatoms. The number of carbonyl (C=O) groups is 1. The Morgan fingerprint density at radius 2 is 2.11 bits per heavy atom. The molecule has 1 amide bonds. The molecule has 0 radical (unpaired) electrons. The van der Waals surface area contributed by atoms with Crippen molar-refractivity contribution in [1.82, 2.24) is 19.7 Å². The highest BCUT2D eigenvalue weighted by Crippen LogP contribution is 2.35. The lowest BCUT2D eigenvalue weighted by molar-refractivity contribution is -0.127. The van der Waals surface area contributed by atoms with Gasteiger partial charge in [-0.05, 0) is 26.0 Å². The topological polar surface area (TPSA) is 69.5 Å². The summed E-state index contributed by atoms with van der Waals surface area (Å²) in [6, 6.07) is 7.55. The molecule has 0 bridgehead atoms. The minimum atomic E-state index is -0.335. The van der Waals surface area contributed by atoms with Gasteiger partial charge in [0.05, 0.1) is 5.75 Å². The molecular formula is C19H24N4O3S. The minimum absolute atomic E-state index is 0.0567. The second-order valence-corrected chi connectivity index (χ2v) is 7.36. The molecule has 0 spiro atoms. The van der Waals surface area contributed by atoms with Crippen LogP contribution >= 0.6 is 11.8 Å². The first kappa shape index (κ1) is 19.3. The second-order valence-electron chi connectivity index (χ2n) is 6.42. The Bertz CT molecular complexity index is 836. The Kier molecular flexibility index (Phi) is 6.05. The van der Waals surface area contributed by atoms with E-state index in [4.69, 9.17) is 9.47 Å². The molecular weight excluding hydrogens is 364 g/mol. The molecule has 1 aromatic carbocycles. The Hall–Kier alpha value is -2.48. The fourth-order valence-corrected chi connectivity index (χ4v) is 3.62. The van der Waals surface area contributed by atoms with Crippen molar-refractivity contribution < 1.29 is 14.3 Å². The van der Waals surface area contributed by atoms with Crippen LogP contribution in [0.3, 0.4) is 0 Å². The Labute approximate surface area is 163 Å². The molecule has 0 saturated heterocycles. The summed E-state index contributed by atoms with van der Waals surface area (Å²) in [5.41, 5.74) is 0.964. The van der Waals surface area contributed by atoms with Crippen LogP contribution in [0.25, 0.3) is 0 Å². The Morgan fingerprint density at radius 3 is 2.81 bits per heavy atom. The highest BCUT2D eigenvalue weighted by Gasteiger charge is 2.27. The van der Waals surface area contributed by atoms with Gasteiger partial charge in [0.2, 0.25) is 5.91 Å². The number of aromatic nitrogens is 3. The van der Waals surface area contributed by atoms with Crippen molar-refractivity contribution in [3.8, 4) is 11.5 Å². The Morgan fingerprint density at radius 1 is 1.37 bits per heavy atom. The van der Waals surface area contributed by atoms with Gasteiger partial charge in [0, 0.05) is 20.1 Å². The van der Waals surface area contributed by atoms with E-state index in [2.05, 4.69) is 16.8 Å². The van der Waals surface area contributed by atoms with Gasteiger partial charge >= 0.3 is 0 Å². The van der Waals surface area contributed by atoms with Crippen molar-refractivity contribution in [3.05, 3.63) is 42.2 Å². The van der Waals surface area contributed by atoms with Gasteiger partial charge in [0.15, 0.2) is 28.6 Å². The molecule has 0 unspecified atom stereocenters. The van der Waals surface area contributed by atoms with E-state index in [0.29, 0.717) is 42.2 Å². The predicted octanol–water partition coefficient (Wildman–Crippen LogP) is 2.84. The monoisotopic (exact) mass is 388 g/mol. The molecule has 0 fully saturated rings. The van der Waals surface area contributed by atoms with Crippen LogP contribution in [0.2, 0.25) is 0 Å². The van der Waals surface area contributed by atoms with E-state index < -0.39 is 0 Å². The number of likely N-dealkylation sites (N-methyl/N-ethyl adjacent to an activating group) is 1. The number of ether oxygens (including phenoxy) is 2. The van der Waals surface area contributed by atoms with E-state index >= 15 is 0 Å². The third-order valence-corrected chi connectivity index (χ3v) is 5.19. The standard InChI is InChI=1S/C19H24N4O3S/c1-5-23(10-13(2)3)17(24)12-27-19-21-20-18(22(19)4)16-11-25-14-8-6-7-9-15(14)26-16/h6-9,16H,2,5,10-12H2,1,3-4H3/t16-/m1/s1. The predicted molar refractivity (Wildman–Crippen MR) is 104 cm³/mol. The molecule has 7 nitrogen and oxygen atoms in total. The van der Waals surface area contributed by atoms with E-state index in [9.17, 15) is 4.79 Å². The molecule has 2 heterocycles. The summed E-state index contributed by atoms with van der Waals surface area (Å²) >= 11 is 1.37. The van der Waals surface area contributed by atoms with Crippen molar-refractivity contribution in [2.75, 3.05) is 25.4 Å². The summed E-state index contributed by atoms with van der Waals surface area (Å²) in [5.74, 6) is 2.46. The minimum Gasteiger partial charge on any atom is -0.485 e. The SMILES string of the molecule is C=C(C)CN(CC)C(=O)CSc1nnc([C@H]2COc3ccccc3O2)n1C. The lowest BCUT2D eigenvalue weighted by Gasteiger charge is -2.25. The average molecular weight is 388 g/mol. The summed E-state index contributed by atoms with van der Waals surface area (Å²) in [5, 5.41) is 9.14. The number of hydrogen-bond acceptors (Lipinski definition) is 6. The quantitative estimate of drug-likeness (QED) is 0.537. The van der Waals surface area contributed by atoms with Gasteiger partial charge in [-0.2, -0.15) is 0 Å². The molecule has 1 atom stereocenters. The van der Waals surface area contributed by atoms with E-state index in [1.54, 1.807) is 4.90 Å². The number of benzene rings is 1. The first-order valence-corrected chi connectivity index (χ1v) is 9.80. The zero-order valence-corrected chi connectivity index (χ0v) is 16.7. The number of para-hydroxylation sites is 2. The number of carbonyl (C=O) groups excluding carboxylic acids is 1. The Balaban J connectivity index is 1.64. The van der Waals surface area contributed by atoms with Gasteiger partial charge in [-0.1, -0.05) is 36.0 Å². The van der Waals surface area contributed by atoms with Crippen LogP contribution in [0.15, 0.2) is 41.6 Å². The molecule has 1 aliphatic rings. The lowest BCUT2D eigenvalue weighted by atomic mass is 10.2. The van der Waals surface area contributed by atoms with E-state index in [-0.39, 0.29) is 12.0 Å². The number of rotatable bonds is 7. The second kappa shape index (κ2) is 8.47. The first-order valence-electron chi connectivity index (χ1n) is 8.82. The molecule has 27 heavy (non-hydrogen) atoms. The maximum absolute atomic E-state index is 12.4. The largest absolute Gasteiger partial charge is 0.485 e. The third-order valence-electron chi connectivity index (χ3n) is 4.19. The summed E-state index contributed by atoms with van der Waals surface area (Å²) in [4.78, 5) is 14.2. The number of fused-ring (bicyclic) bond motifs is 1. The van der Waals surface area contributed by atoms with Gasteiger partial charge in [-0.3, -0.25) is 4.79 Å². The first-order chi connectivity index (χ1) is 13.0. The van der Waals surface area contributed by atoms with Crippen LogP contribution < -0.4 is 9.47 Å². The van der Waals surface area contributed by atoms with Crippen LogP contribution in [-0.4, -0.2) is 51.0 Å². The van der Waals surface area contributed by atoms with Crippen molar-refractivity contribution >= 4 is 17.7 Å². The summed E-state index contributed by atoms with van der Waals surface area (Å²) < 4.78 is 13.6. The van der Waals surface area contributed by atoms with E-state index in [1.807, 2.05) is 49.7 Å². The summed E-state index contributed by atoms with van der Waals surface area (Å²) in [7, 11) is 1.87. The van der Waals surface area contributed by atoms with Crippen LogP contribution in [0.1, 0.15) is 25.8 Å². The van der Waals surface area contributed by atoms with E-state index in [1.165, 1.54) is 11.8 Å². The average Bonchev–Trinajstić information content (AvgIpc) is 3.04. The number of amides is 1. The van der Waals surface area contributed by atoms with Crippen molar-refractivity contribution in [1.29, 1.82) is 0 Å². The molecule has 0 N–H and O–H groups in total. The van der Waals surface area contributed by atoms with Crippen molar-refractivity contribution in [2.24, 2.45) is 7.05 Å². The van der Waals surface area contributed by atoms with Crippen LogP contribution in [-0.2, 0) is 11.8 Å². The highest BCUT2D eigenvalue weighted by molar-refractivity contribution is 7.99. The maximum Gasteiger partial charge on any atom is 0.233 e. The lowest BCUT2D eigenvalue weighted by Crippen LogP contribution is -2.33. The van der Waals surface area contributed by atoms with Crippen LogP contribution in [0.4, 0.5) is 0 Å². The smallest absolute Gasteiger partial charge is 0.233 e. The zero-order chi connectivity index (χ0) is 19.4. The fraction of sp³-hybridized carbons (Fsp3) is 0.421. The van der Waals surface area contributed by atoms with Crippen LogP contribution in [0.5, 0.6) is 11.5 Å². The normalized spacial score (nSPS) is 15.4. The maximum atomic E-state index is 12.4. The molecule has 1 aromatic heterocycles.